The van der Waals surface area contributed by atoms with Crippen LogP contribution < -0.4 is 15.4 Å². The van der Waals surface area contributed by atoms with Gasteiger partial charge >= 0.3 is 6.01 Å². The van der Waals surface area contributed by atoms with E-state index in [0.717, 1.165) is 11.3 Å². The quantitative estimate of drug-likeness (QED) is 0.369. The van der Waals surface area contributed by atoms with Gasteiger partial charge in [-0.05, 0) is 31.2 Å². The summed E-state index contributed by atoms with van der Waals surface area (Å²) in [6, 6.07) is 20.8. The smallest absolute Gasteiger partial charge is 0.324 e. The molecule has 0 unspecified atom stereocenters. The van der Waals surface area contributed by atoms with E-state index in [4.69, 9.17) is 4.74 Å². The van der Waals surface area contributed by atoms with Crippen molar-refractivity contribution >= 4 is 23.2 Å². The predicted molar refractivity (Wildman–Crippen MR) is 124 cm³/mol. The lowest BCUT2D eigenvalue weighted by atomic mass is 10.1. The molecule has 0 bridgehead atoms. The summed E-state index contributed by atoms with van der Waals surface area (Å²) in [6.45, 7) is 5.62. The van der Waals surface area contributed by atoms with E-state index in [2.05, 4.69) is 30.8 Å². The number of benzene rings is 2. The van der Waals surface area contributed by atoms with Crippen molar-refractivity contribution in [1.29, 1.82) is 0 Å². The van der Waals surface area contributed by atoms with E-state index in [1.807, 2.05) is 63.2 Å². The highest BCUT2D eigenvalue weighted by Gasteiger charge is 2.11. The Bertz CT molecular complexity index is 1200. The highest BCUT2D eigenvalue weighted by Crippen LogP contribution is 2.27. The van der Waals surface area contributed by atoms with Crippen LogP contribution >= 0.6 is 0 Å². The number of aromatic amines is 1. The van der Waals surface area contributed by atoms with Crippen molar-refractivity contribution in [2.24, 2.45) is 5.92 Å². The Morgan fingerprint density at radius 3 is 2.38 bits per heavy atom. The molecule has 2 aromatic heterocycles. The molecule has 0 saturated heterocycles. The van der Waals surface area contributed by atoms with Crippen LogP contribution in [-0.2, 0) is 4.79 Å². The molecule has 0 aliphatic rings. The molecule has 32 heavy (non-hydrogen) atoms. The summed E-state index contributed by atoms with van der Waals surface area (Å²) in [5.41, 5.74) is 3.29. The first-order valence-corrected chi connectivity index (χ1v) is 10.3. The summed E-state index contributed by atoms with van der Waals surface area (Å²) in [5.74, 6) is 1.63. The molecular formula is C24H24N6O2. The average Bonchev–Trinajstić information content (AvgIpc) is 3.20. The maximum absolute atomic E-state index is 11.9. The number of amides is 1. The van der Waals surface area contributed by atoms with Gasteiger partial charge in [-0.3, -0.25) is 9.89 Å². The lowest BCUT2D eigenvalue weighted by molar-refractivity contribution is -0.118. The van der Waals surface area contributed by atoms with Crippen molar-refractivity contribution in [3.05, 3.63) is 72.4 Å². The van der Waals surface area contributed by atoms with Gasteiger partial charge in [-0.2, -0.15) is 15.1 Å². The van der Waals surface area contributed by atoms with E-state index in [1.165, 1.54) is 0 Å². The van der Waals surface area contributed by atoms with Crippen LogP contribution in [0, 0.1) is 12.8 Å². The van der Waals surface area contributed by atoms with Crippen molar-refractivity contribution in [3.63, 3.8) is 0 Å². The van der Waals surface area contributed by atoms with Gasteiger partial charge in [-0.15, -0.1) is 0 Å². The molecule has 1 amide bonds. The lowest BCUT2D eigenvalue weighted by Crippen LogP contribution is -2.17. The number of rotatable bonds is 7. The first-order chi connectivity index (χ1) is 15.5. The zero-order valence-electron chi connectivity index (χ0n) is 18.1. The molecule has 4 rings (SSSR count). The second-order valence-electron chi connectivity index (χ2n) is 7.62. The van der Waals surface area contributed by atoms with E-state index >= 15 is 0 Å². The summed E-state index contributed by atoms with van der Waals surface area (Å²) in [5, 5.41) is 13.1. The SMILES string of the molecule is Cc1cc(Nc2cc(-c3ccccc3)nc(Oc3ccc(NC(=O)C(C)C)cc3)n2)n[nH]1. The van der Waals surface area contributed by atoms with Crippen LogP contribution in [0.1, 0.15) is 19.5 Å². The highest BCUT2D eigenvalue weighted by atomic mass is 16.5. The number of carbonyl (C=O) groups is 1. The van der Waals surface area contributed by atoms with E-state index < -0.39 is 0 Å². The molecule has 0 spiro atoms. The molecule has 0 atom stereocenters. The van der Waals surface area contributed by atoms with Crippen LogP contribution in [0.3, 0.4) is 0 Å². The summed E-state index contributed by atoms with van der Waals surface area (Å²) in [4.78, 5) is 20.9. The number of carbonyl (C=O) groups excluding carboxylic acids is 1. The predicted octanol–water partition coefficient (Wildman–Crippen LogP) is 5.31. The van der Waals surface area contributed by atoms with Gasteiger partial charge in [-0.1, -0.05) is 44.2 Å². The standard InChI is InChI=1S/C24H24N6O2/c1-15(2)23(31)25-18-9-11-19(12-10-18)32-24-26-20(17-7-5-4-6-8-17)14-21(28-24)27-22-13-16(3)29-30-22/h4-15H,1-3H3,(H,25,31)(H2,26,27,28,29,30). The number of hydrogen-bond acceptors (Lipinski definition) is 6. The van der Waals surface area contributed by atoms with Crippen LogP contribution in [0.2, 0.25) is 0 Å². The van der Waals surface area contributed by atoms with Gasteiger partial charge in [0.1, 0.15) is 11.6 Å². The molecule has 0 saturated carbocycles. The minimum absolute atomic E-state index is 0.0399. The first kappa shape index (κ1) is 21.0. The Hall–Kier alpha value is -4.20. The summed E-state index contributed by atoms with van der Waals surface area (Å²) < 4.78 is 5.93. The van der Waals surface area contributed by atoms with E-state index in [-0.39, 0.29) is 17.8 Å². The van der Waals surface area contributed by atoms with Gasteiger partial charge in [0, 0.05) is 35.0 Å². The fourth-order valence-corrected chi connectivity index (χ4v) is 2.90. The van der Waals surface area contributed by atoms with E-state index in [0.29, 0.717) is 28.8 Å². The Morgan fingerprint density at radius 2 is 1.72 bits per heavy atom. The Morgan fingerprint density at radius 1 is 0.969 bits per heavy atom. The van der Waals surface area contributed by atoms with E-state index in [9.17, 15) is 4.79 Å². The molecular weight excluding hydrogens is 404 g/mol. The summed E-state index contributed by atoms with van der Waals surface area (Å²) >= 11 is 0. The van der Waals surface area contributed by atoms with Gasteiger partial charge in [0.2, 0.25) is 5.91 Å². The van der Waals surface area contributed by atoms with Crippen molar-refractivity contribution in [3.8, 4) is 23.0 Å². The zero-order valence-corrected chi connectivity index (χ0v) is 18.1. The number of nitrogens with zero attached hydrogens (tertiary/aromatic N) is 3. The second-order valence-corrected chi connectivity index (χ2v) is 7.62. The first-order valence-electron chi connectivity index (χ1n) is 10.3. The molecule has 8 heteroatoms. The number of nitrogens with one attached hydrogen (secondary N) is 3. The second kappa shape index (κ2) is 9.30. The van der Waals surface area contributed by atoms with Crippen molar-refractivity contribution < 1.29 is 9.53 Å². The third kappa shape index (κ3) is 5.28. The molecule has 2 heterocycles. The average molecular weight is 428 g/mol. The molecule has 0 fully saturated rings. The van der Waals surface area contributed by atoms with Crippen LogP contribution in [0.5, 0.6) is 11.8 Å². The minimum atomic E-state index is -0.0933. The number of anilines is 3. The Kier molecular flexibility index (Phi) is 6.12. The monoisotopic (exact) mass is 428 g/mol. The fraction of sp³-hybridized carbons (Fsp3) is 0.167. The number of aromatic nitrogens is 4. The summed E-state index contributed by atoms with van der Waals surface area (Å²) in [6.07, 6.45) is 0. The van der Waals surface area contributed by atoms with Crippen LogP contribution in [0.4, 0.5) is 17.3 Å². The van der Waals surface area contributed by atoms with Gasteiger partial charge in [0.05, 0.1) is 5.69 Å². The van der Waals surface area contributed by atoms with Gasteiger partial charge in [0.25, 0.3) is 0 Å². The number of H-pyrrole nitrogens is 1. The highest BCUT2D eigenvalue weighted by molar-refractivity contribution is 5.92. The molecule has 0 radical (unpaired) electrons. The van der Waals surface area contributed by atoms with Crippen LogP contribution in [0.25, 0.3) is 11.3 Å². The molecule has 4 aromatic rings. The maximum atomic E-state index is 11.9. The van der Waals surface area contributed by atoms with Crippen molar-refractivity contribution in [1.82, 2.24) is 20.2 Å². The normalized spacial score (nSPS) is 10.8. The van der Waals surface area contributed by atoms with Gasteiger partial charge in [-0.25, -0.2) is 0 Å². The maximum Gasteiger partial charge on any atom is 0.324 e. The van der Waals surface area contributed by atoms with Gasteiger partial charge in [0.15, 0.2) is 5.82 Å². The topological polar surface area (TPSA) is 105 Å². The molecule has 2 aromatic carbocycles. The third-order valence-electron chi connectivity index (χ3n) is 4.59. The zero-order chi connectivity index (χ0) is 22.5. The molecule has 0 aliphatic carbocycles. The minimum Gasteiger partial charge on any atom is -0.424 e. The molecule has 3 N–H and O–H groups in total. The fourth-order valence-electron chi connectivity index (χ4n) is 2.90. The summed E-state index contributed by atoms with van der Waals surface area (Å²) in [7, 11) is 0. The van der Waals surface area contributed by atoms with Crippen molar-refractivity contribution in [2.75, 3.05) is 10.6 Å². The Balaban J connectivity index is 1.59. The number of hydrogen-bond donors (Lipinski definition) is 3. The lowest BCUT2D eigenvalue weighted by Gasteiger charge is -2.11. The van der Waals surface area contributed by atoms with Gasteiger partial charge < -0.3 is 15.4 Å². The largest absolute Gasteiger partial charge is 0.424 e. The van der Waals surface area contributed by atoms with Crippen LogP contribution in [-0.4, -0.2) is 26.1 Å². The molecule has 8 nitrogen and oxygen atoms in total. The van der Waals surface area contributed by atoms with Crippen molar-refractivity contribution in [2.45, 2.75) is 20.8 Å². The number of aryl methyl sites for hydroxylation is 1. The van der Waals surface area contributed by atoms with E-state index in [1.54, 1.807) is 24.3 Å². The Labute approximate surface area is 186 Å². The molecule has 0 aliphatic heterocycles. The molecule has 162 valence electrons. The number of ether oxygens (including phenoxy) is 1. The third-order valence-corrected chi connectivity index (χ3v) is 4.59. The van der Waals surface area contributed by atoms with Crippen LogP contribution in [0.15, 0.2) is 66.7 Å².